The molecule has 1 atom stereocenters. The Morgan fingerprint density at radius 3 is 2.75 bits per heavy atom. The molecular weight excluding hydrogens is 388 g/mol. The Hall–Kier alpha value is -1.66. The minimum atomic E-state index is 0.0339. The lowest BCUT2D eigenvalue weighted by Gasteiger charge is -2.21. The molecule has 28 heavy (non-hydrogen) atoms. The van der Waals surface area contributed by atoms with Gasteiger partial charge in [0.15, 0.2) is 0 Å². The molecule has 150 valence electrons. The van der Waals surface area contributed by atoms with Gasteiger partial charge in [-0.1, -0.05) is 18.9 Å². The fourth-order valence-corrected chi connectivity index (χ4v) is 6.08. The summed E-state index contributed by atoms with van der Waals surface area (Å²) < 4.78 is 0. The van der Waals surface area contributed by atoms with Gasteiger partial charge in [-0.2, -0.15) is 0 Å². The first-order valence-electron chi connectivity index (χ1n) is 10.4. The first-order chi connectivity index (χ1) is 13.7. The normalized spacial score (nSPS) is 19.7. The number of nitrogens with zero attached hydrogens (tertiary/aromatic N) is 1. The number of hydrogen-bond acceptors (Lipinski definition) is 4. The summed E-state index contributed by atoms with van der Waals surface area (Å²) in [6, 6.07) is 6.22. The molecule has 0 aromatic carbocycles. The first kappa shape index (κ1) is 19.6. The molecule has 1 fully saturated rings. The molecule has 4 nitrogen and oxygen atoms in total. The van der Waals surface area contributed by atoms with Gasteiger partial charge >= 0.3 is 0 Å². The summed E-state index contributed by atoms with van der Waals surface area (Å²) in [7, 11) is 0. The molecule has 4 rings (SSSR count). The number of amides is 2. The van der Waals surface area contributed by atoms with Gasteiger partial charge in [0.2, 0.25) is 5.91 Å². The minimum Gasteiger partial charge on any atom is -0.355 e. The fraction of sp³-hybridized carbons (Fsp3) is 0.545. The lowest BCUT2D eigenvalue weighted by molar-refractivity contribution is -0.125. The highest BCUT2D eigenvalue weighted by Crippen LogP contribution is 2.33. The Labute approximate surface area is 174 Å². The van der Waals surface area contributed by atoms with E-state index in [0.717, 1.165) is 56.5 Å². The number of carbonyl (C=O) groups is 2. The van der Waals surface area contributed by atoms with Crippen molar-refractivity contribution in [3.05, 3.63) is 43.8 Å². The molecule has 3 heterocycles. The zero-order valence-corrected chi connectivity index (χ0v) is 17.9. The Bertz CT molecular complexity index is 805. The smallest absolute Gasteiger partial charge is 0.263 e. The summed E-state index contributed by atoms with van der Waals surface area (Å²) >= 11 is 3.39. The van der Waals surface area contributed by atoms with Gasteiger partial charge in [0.05, 0.1) is 4.88 Å². The molecule has 1 saturated heterocycles. The van der Waals surface area contributed by atoms with E-state index >= 15 is 0 Å². The number of fused-ring (bicyclic) bond motifs is 1. The van der Waals surface area contributed by atoms with Crippen molar-refractivity contribution in [2.75, 3.05) is 19.6 Å². The third kappa shape index (κ3) is 4.66. The van der Waals surface area contributed by atoms with Gasteiger partial charge in [0.1, 0.15) is 0 Å². The third-order valence-electron chi connectivity index (χ3n) is 5.81. The zero-order chi connectivity index (χ0) is 19.3. The van der Waals surface area contributed by atoms with Crippen molar-refractivity contribution in [3.8, 4) is 0 Å². The van der Waals surface area contributed by atoms with Gasteiger partial charge in [-0.15, -0.1) is 22.7 Å². The Morgan fingerprint density at radius 1 is 1.18 bits per heavy atom. The summed E-state index contributed by atoms with van der Waals surface area (Å²) in [5, 5.41) is 5.18. The van der Waals surface area contributed by atoms with Crippen molar-refractivity contribution in [1.29, 1.82) is 0 Å². The second-order valence-electron chi connectivity index (χ2n) is 7.83. The maximum atomic E-state index is 12.9. The van der Waals surface area contributed by atoms with Gasteiger partial charge in [-0.3, -0.25) is 9.59 Å². The molecule has 1 unspecified atom stereocenters. The number of thiophene rings is 2. The predicted molar refractivity (Wildman–Crippen MR) is 115 cm³/mol. The van der Waals surface area contributed by atoms with E-state index in [1.165, 1.54) is 28.2 Å². The average molecular weight is 417 g/mol. The Balaban J connectivity index is 1.33. The van der Waals surface area contributed by atoms with Crippen LogP contribution in [0.5, 0.6) is 0 Å². The Kier molecular flexibility index (Phi) is 6.47. The van der Waals surface area contributed by atoms with Crippen LogP contribution in [0.4, 0.5) is 0 Å². The molecule has 2 aliphatic rings. The van der Waals surface area contributed by atoms with Crippen LogP contribution >= 0.6 is 22.7 Å². The van der Waals surface area contributed by atoms with Crippen molar-refractivity contribution in [1.82, 2.24) is 10.2 Å². The van der Waals surface area contributed by atoms with E-state index in [2.05, 4.69) is 22.8 Å². The largest absolute Gasteiger partial charge is 0.355 e. The van der Waals surface area contributed by atoms with Crippen LogP contribution in [0, 0.1) is 5.92 Å². The van der Waals surface area contributed by atoms with Crippen molar-refractivity contribution in [3.63, 3.8) is 0 Å². The number of carbonyl (C=O) groups excluding carboxylic acids is 2. The summed E-state index contributed by atoms with van der Waals surface area (Å²) in [6.45, 7) is 2.47. The van der Waals surface area contributed by atoms with Crippen LogP contribution in [0.1, 0.15) is 57.1 Å². The molecule has 0 saturated carbocycles. The van der Waals surface area contributed by atoms with E-state index in [-0.39, 0.29) is 17.7 Å². The quantitative estimate of drug-likeness (QED) is 0.790. The number of hydrogen-bond donors (Lipinski definition) is 1. The highest BCUT2D eigenvalue weighted by Gasteiger charge is 2.28. The number of rotatable bonds is 5. The third-order valence-corrected chi connectivity index (χ3v) is 7.97. The topological polar surface area (TPSA) is 49.4 Å². The van der Waals surface area contributed by atoms with E-state index in [9.17, 15) is 9.59 Å². The summed E-state index contributed by atoms with van der Waals surface area (Å²) in [5.74, 6) is 0.388. The van der Waals surface area contributed by atoms with Crippen molar-refractivity contribution in [2.24, 2.45) is 5.92 Å². The molecule has 0 bridgehead atoms. The minimum absolute atomic E-state index is 0.0339. The molecule has 6 heteroatoms. The van der Waals surface area contributed by atoms with Crippen LogP contribution in [0.25, 0.3) is 0 Å². The van der Waals surface area contributed by atoms with Crippen molar-refractivity contribution < 1.29 is 9.59 Å². The van der Waals surface area contributed by atoms with E-state index in [1.54, 1.807) is 22.7 Å². The van der Waals surface area contributed by atoms with Gasteiger partial charge < -0.3 is 10.2 Å². The van der Waals surface area contributed by atoms with E-state index in [0.29, 0.717) is 6.54 Å². The molecule has 1 aliphatic carbocycles. The molecule has 0 radical (unpaired) electrons. The number of likely N-dealkylation sites (tertiary alicyclic amines) is 1. The van der Waals surface area contributed by atoms with Crippen LogP contribution in [0.3, 0.4) is 0 Å². The van der Waals surface area contributed by atoms with Gasteiger partial charge in [0, 0.05) is 35.3 Å². The molecule has 1 N–H and O–H groups in total. The summed E-state index contributed by atoms with van der Waals surface area (Å²) in [6.07, 6.45) is 8.15. The number of aryl methyl sites for hydroxylation is 1. The number of nitrogens with one attached hydrogen (secondary N) is 1. The summed E-state index contributed by atoms with van der Waals surface area (Å²) in [4.78, 5) is 31.0. The summed E-state index contributed by atoms with van der Waals surface area (Å²) in [5.41, 5.74) is 1.22. The van der Waals surface area contributed by atoms with Crippen molar-refractivity contribution in [2.45, 2.75) is 51.4 Å². The fourth-order valence-electron chi connectivity index (χ4n) is 4.19. The van der Waals surface area contributed by atoms with Gasteiger partial charge in [-0.05, 0) is 61.6 Å². The molecule has 2 aromatic rings. The first-order valence-corrected chi connectivity index (χ1v) is 12.1. The highest BCUT2D eigenvalue weighted by molar-refractivity contribution is 7.14. The van der Waals surface area contributed by atoms with E-state index in [4.69, 9.17) is 0 Å². The van der Waals surface area contributed by atoms with Gasteiger partial charge in [0.25, 0.3) is 5.91 Å². The standard InChI is InChI=1S/C22H28N2O2S2/c25-21(23-10-9-18-6-5-13-27-18)16-7-8-19-17(14-16)15-20(28-19)22(26)24-11-3-1-2-4-12-24/h5-6,13,15-16H,1-4,7-12,14H2,(H,23,25). The maximum absolute atomic E-state index is 12.9. The molecular formula is C22H28N2O2S2. The lowest BCUT2D eigenvalue weighted by Crippen LogP contribution is -2.34. The van der Waals surface area contributed by atoms with Crippen molar-refractivity contribution >= 4 is 34.5 Å². The maximum Gasteiger partial charge on any atom is 0.263 e. The predicted octanol–water partition coefficient (Wildman–Crippen LogP) is 4.29. The molecule has 2 amide bonds. The lowest BCUT2D eigenvalue weighted by atomic mass is 9.87. The van der Waals surface area contributed by atoms with Crippen LogP contribution in [0.15, 0.2) is 23.6 Å². The second kappa shape index (κ2) is 9.23. The van der Waals surface area contributed by atoms with Crippen LogP contribution < -0.4 is 5.32 Å². The van der Waals surface area contributed by atoms with Crippen LogP contribution in [0.2, 0.25) is 0 Å². The second-order valence-corrected chi connectivity index (χ2v) is 9.99. The SMILES string of the molecule is O=C(NCCc1cccs1)C1CCc2sc(C(=O)N3CCCCCC3)cc2C1. The van der Waals surface area contributed by atoms with Crippen LogP contribution in [-0.2, 0) is 24.1 Å². The Morgan fingerprint density at radius 2 is 2.00 bits per heavy atom. The molecule has 1 aliphatic heterocycles. The van der Waals surface area contributed by atoms with Crippen LogP contribution in [-0.4, -0.2) is 36.3 Å². The van der Waals surface area contributed by atoms with E-state index < -0.39 is 0 Å². The average Bonchev–Trinajstić information content (AvgIpc) is 3.29. The monoisotopic (exact) mass is 416 g/mol. The zero-order valence-electron chi connectivity index (χ0n) is 16.2. The molecule has 2 aromatic heterocycles. The van der Waals surface area contributed by atoms with E-state index in [1.807, 2.05) is 11.0 Å². The highest BCUT2D eigenvalue weighted by atomic mass is 32.1. The van der Waals surface area contributed by atoms with Gasteiger partial charge in [-0.25, -0.2) is 0 Å². The molecule has 0 spiro atoms.